The zero-order chi connectivity index (χ0) is 15.5. The molecule has 1 N–H and O–H groups in total. The van der Waals surface area contributed by atoms with E-state index in [0.717, 1.165) is 48.6 Å². The maximum Gasteiger partial charge on any atom is 0.277 e. The highest BCUT2D eigenvalue weighted by molar-refractivity contribution is 5.82. The Morgan fingerprint density at radius 1 is 1.09 bits per heavy atom. The Kier molecular flexibility index (Phi) is 4.06. The third kappa shape index (κ3) is 2.67. The van der Waals surface area contributed by atoms with Crippen molar-refractivity contribution in [3.63, 3.8) is 0 Å². The molecule has 1 fully saturated rings. The van der Waals surface area contributed by atoms with Crippen LogP contribution in [0.2, 0.25) is 0 Å². The SMILES string of the molecule is Cc1c(N2CCNCC2)ccc([N+](=O)[O-])c1-c1ccccc1. The van der Waals surface area contributed by atoms with Crippen molar-refractivity contribution in [2.45, 2.75) is 6.92 Å². The van der Waals surface area contributed by atoms with Crippen molar-refractivity contribution >= 4 is 11.4 Å². The molecule has 2 aromatic rings. The zero-order valence-corrected chi connectivity index (χ0v) is 12.6. The molecular weight excluding hydrogens is 278 g/mol. The van der Waals surface area contributed by atoms with Crippen LogP contribution in [-0.4, -0.2) is 31.1 Å². The first kappa shape index (κ1) is 14.5. The standard InChI is InChI=1S/C17H19N3O2/c1-13-15(19-11-9-18-10-12-19)7-8-16(20(21)22)17(13)14-5-3-2-4-6-14/h2-8,18H,9-12H2,1H3. The largest absolute Gasteiger partial charge is 0.369 e. The lowest BCUT2D eigenvalue weighted by molar-refractivity contribution is -0.384. The third-order valence-electron chi connectivity index (χ3n) is 4.13. The van der Waals surface area contributed by atoms with E-state index in [2.05, 4.69) is 10.2 Å². The average Bonchev–Trinajstić information content (AvgIpc) is 2.56. The van der Waals surface area contributed by atoms with E-state index in [1.807, 2.05) is 43.3 Å². The van der Waals surface area contributed by atoms with Gasteiger partial charge >= 0.3 is 0 Å². The Bertz CT molecular complexity index is 680. The summed E-state index contributed by atoms with van der Waals surface area (Å²) in [5.41, 5.74) is 3.85. The summed E-state index contributed by atoms with van der Waals surface area (Å²) in [5.74, 6) is 0. The second-order valence-electron chi connectivity index (χ2n) is 5.46. The number of hydrogen-bond acceptors (Lipinski definition) is 4. The second kappa shape index (κ2) is 6.15. The van der Waals surface area contributed by atoms with Crippen molar-refractivity contribution in [3.8, 4) is 11.1 Å². The van der Waals surface area contributed by atoms with Crippen LogP contribution in [-0.2, 0) is 0 Å². The number of nitro groups is 1. The number of anilines is 1. The van der Waals surface area contributed by atoms with Crippen molar-refractivity contribution in [1.82, 2.24) is 5.32 Å². The molecule has 1 saturated heterocycles. The summed E-state index contributed by atoms with van der Waals surface area (Å²) >= 11 is 0. The number of piperazine rings is 1. The van der Waals surface area contributed by atoms with E-state index in [4.69, 9.17) is 0 Å². The van der Waals surface area contributed by atoms with Gasteiger partial charge in [-0.15, -0.1) is 0 Å². The van der Waals surface area contributed by atoms with Crippen LogP contribution in [0.15, 0.2) is 42.5 Å². The van der Waals surface area contributed by atoms with Crippen LogP contribution in [0.3, 0.4) is 0 Å². The molecule has 0 atom stereocenters. The van der Waals surface area contributed by atoms with E-state index in [9.17, 15) is 10.1 Å². The molecule has 1 aliphatic heterocycles. The van der Waals surface area contributed by atoms with E-state index in [-0.39, 0.29) is 10.6 Å². The van der Waals surface area contributed by atoms with E-state index in [1.165, 1.54) is 0 Å². The van der Waals surface area contributed by atoms with Crippen LogP contribution < -0.4 is 10.2 Å². The Morgan fingerprint density at radius 3 is 2.41 bits per heavy atom. The number of nitro benzene ring substituents is 1. The minimum Gasteiger partial charge on any atom is -0.369 e. The van der Waals surface area contributed by atoms with E-state index in [0.29, 0.717) is 0 Å². The third-order valence-corrected chi connectivity index (χ3v) is 4.13. The van der Waals surface area contributed by atoms with Gasteiger partial charge in [-0.25, -0.2) is 0 Å². The molecule has 2 aromatic carbocycles. The van der Waals surface area contributed by atoms with Crippen LogP contribution in [0.1, 0.15) is 5.56 Å². The summed E-state index contributed by atoms with van der Waals surface area (Å²) in [6.07, 6.45) is 0. The topological polar surface area (TPSA) is 58.4 Å². The first-order valence-corrected chi connectivity index (χ1v) is 7.47. The van der Waals surface area contributed by atoms with Crippen molar-refractivity contribution in [1.29, 1.82) is 0 Å². The van der Waals surface area contributed by atoms with Crippen LogP contribution in [0.5, 0.6) is 0 Å². The molecule has 1 aliphatic rings. The molecule has 114 valence electrons. The molecule has 0 saturated carbocycles. The fraction of sp³-hybridized carbons (Fsp3) is 0.294. The zero-order valence-electron chi connectivity index (χ0n) is 12.6. The maximum absolute atomic E-state index is 11.4. The summed E-state index contributed by atoms with van der Waals surface area (Å²) in [5, 5.41) is 14.7. The molecule has 0 bridgehead atoms. The minimum atomic E-state index is -0.295. The van der Waals surface area contributed by atoms with Gasteiger partial charge in [0, 0.05) is 37.9 Å². The van der Waals surface area contributed by atoms with Gasteiger partial charge < -0.3 is 10.2 Å². The molecule has 0 aliphatic carbocycles. The quantitative estimate of drug-likeness (QED) is 0.699. The maximum atomic E-state index is 11.4. The van der Waals surface area contributed by atoms with Gasteiger partial charge in [0.05, 0.1) is 10.5 Å². The van der Waals surface area contributed by atoms with E-state index in [1.54, 1.807) is 6.07 Å². The van der Waals surface area contributed by atoms with E-state index >= 15 is 0 Å². The Morgan fingerprint density at radius 2 is 1.77 bits per heavy atom. The van der Waals surface area contributed by atoms with E-state index < -0.39 is 0 Å². The molecule has 0 unspecified atom stereocenters. The highest BCUT2D eigenvalue weighted by Crippen LogP contribution is 2.38. The smallest absolute Gasteiger partial charge is 0.277 e. The van der Waals surface area contributed by atoms with Gasteiger partial charge in [-0.1, -0.05) is 30.3 Å². The van der Waals surface area contributed by atoms with Crippen LogP contribution in [0.4, 0.5) is 11.4 Å². The highest BCUT2D eigenvalue weighted by Gasteiger charge is 2.22. The lowest BCUT2D eigenvalue weighted by Gasteiger charge is -2.31. The molecule has 5 nitrogen and oxygen atoms in total. The predicted molar refractivity (Wildman–Crippen MR) is 88.4 cm³/mol. The van der Waals surface area contributed by atoms with Crippen molar-refractivity contribution in [3.05, 3.63) is 58.1 Å². The fourth-order valence-corrected chi connectivity index (χ4v) is 3.06. The van der Waals surface area contributed by atoms with Gasteiger partial charge in [0.15, 0.2) is 0 Å². The molecular formula is C17H19N3O2. The van der Waals surface area contributed by atoms with Gasteiger partial charge in [0.1, 0.15) is 0 Å². The fourth-order valence-electron chi connectivity index (χ4n) is 3.06. The average molecular weight is 297 g/mol. The van der Waals surface area contributed by atoms with Crippen molar-refractivity contribution < 1.29 is 4.92 Å². The van der Waals surface area contributed by atoms with Gasteiger partial charge in [0.25, 0.3) is 5.69 Å². The molecule has 0 amide bonds. The Balaban J connectivity index is 2.14. The van der Waals surface area contributed by atoms with Gasteiger partial charge in [-0.05, 0) is 24.1 Å². The normalized spacial score (nSPS) is 14.9. The summed E-state index contributed by atoms with van der Waals surface area (Å²) < 4.78 is 0. The second-order valence-corrected chi connectivity index (χ2v) is 5.46. The van der Waals surface area contributed by atoms with Gasteiger partial charge in [-0.2, -0.15) is 0 Å². The summed E-state index contributed by atoms with van der Waals surface area (Å²) in [6, 6.07) is 13.1. The van der Waals surface area contributed by atoms with Crippen LogP contribution in [0, 0.1) is 17.0 Å². The number of benzene rings is 2. The lowest BCUT2D eigenvalue weighted by atomic mass is 9.96. The summed E-state index contributed by atoms with van der Waals surface area (Å²) in [4.78, 5) is 13.4. The molecule has 0 aromatic heterocycles. The molecule has 0 radical (unpaired) electrons. The molecule has 5 heteroatoms. The molecule has 0 spiro atoms. The van der Waals surface area contributed by atoms with Gasteiger partial charge in [-0.3, -0.25) is 10.1 Å². The molecule has 22 heavy (non-hydrogen) atoms. The lowest BCUT2D eigenvalue weighted by Crippen LogP contribution is -2.43. The van der Waals surface area contributed by atoms with Crippen molar-refractivity contribution in [2.75, 3.05) is 31.1 Å². The minimum absolute atomic E-state index is 0.169. The monoisotopic (exact) mass is 297 g/mol. The number of nitrogens with one attached hydrogen (secondary N) is 1. The van der Waals surface area contributed by atoms with Crippen LogP contribution >= 0.6 is 0 Å². The van der Waals surface area contributed by atoms with Crippen molar-refractivity contribution in [2.24, 2.45) is 0 Å². The number of hydrogen-bond donors (Lipinski definition) is 1. The molecule has 1 heterocycles. The Hall–Kier alpha value is -2.40. The summed E-state index contributed by atoms with van der Waals surface area (Å²) in [7, 11) is 0. The van der Waals surface area contributed by atoms with Gasteiger partial charge in [0.2, 0.25) is 0 Å². The predicted octanol–water partition coefficient (Wildman–Crippen LogP) is 2.98. The Labute approximate surface area is 129 Å². The first-order chi connectivity index (χ1) is 10.7. The number of nitrogens with zero attached hydrogens (tertiary/aromatic N) is 2. The summed E-state index contributed by atoms with van der Waals surface area (Å²) in [6.45, 7) is 5.71. The first-order valence-electron chi connectivity index (χ1n) is 7.47. The number of rotatable bonds is 3. The highest BCUT2D eigenvalue weighted by atomic mass is 16.6. The van der Waals surface area contributed by atoms with Crippen LogP contribution in [0.25, 0.3) is 11.1 Å². The molecule has 3 rings (SSSR count).